The number of aromatic nitrogens is 4. The first-order valence-corrected chi connectivity index (χ1v) is 13.8. The fraction of sp³-hybridized carbons (Fsp3) is 0.450. The fourth-order valence-corrected chi connectivity index (χ4v) is 6.02. The minimum absolute atomic E-state index is 0.143. The van der Waals surface area contributed by atoms with Crippen molar-refractivity contribution in [1.82, 2.24) is 19.6 Å². The van der Waals surface area contributed by atoms with E-state index < -0.39 is 16.8 Å². The number of hydrogen-bond acceptors (Lipinski definition) is 9. The van der Waals surface area contributed by atoms with Gasteiger partial charge in [-0.2, -0.15) is 4.98 Å². The van der Waals surface area contributed by atoms with Crippen LogP contribution in [0.1, 0.15) is 35.8 Å². The van der Waals surface area contributed by atoms with Gasteiger partial charge in [0.05, 0.1) is 30.5 Å². The van der Waals surface area contributed by atoms with Crippen molar-refractivity contribution in [1.29, 1.82) is 0 Å². The summed E-state index contributed by atoms with van der Waals surface area (Å²) in [5, 5.41) is 4.53. The van der Waals surface area contributed by atoms with Crippen molar-refractivity contribution in [3.8, 4) is 0 Å². The van der Waals surface area contributed by atoms with Gasteiger partial charge in [-0.05, 0) is 42.0 Å². The molecule has 0 saturated carbocycles. The Bertz CT molecular complexity index is 1140. The van der Waals surface area contributed by atoms with E-state index in [0.717, 1.165) is 38.0 Å². The number of benzene rings is 1. The molecule has 3 atom stereocenters. The summed E-state index contributed by atoms with van der Waals surface area (Å²) in [6.07, 6.45) is 3.70. The number of nitrogens with zero attached hydrogens (tertiary/aromatic N) is 5. The highest BCUT2D eigenvalue weighted by atomic mass is 35.5. The molecule has 1 fully saturated rings. The van der Waals surface area contributed by atoms with Gasteiger partial charge < -0.3 is 28.8 Å². The van der Waals surface area contributed by atoms with E-state index in [9.17, 15) is 4.89 Å². The van der Waals surface area contributed by atoms with Crippen LogP contribution in [0.3, 0.4) is 0 Å². The summed E-state index contributed by atoms with van der Waals surface area (Å²) in [6.45, 7) is 1.73. The Morgan fingerprint density at radius 2 is 2.00 bits per heavy atom. The van der Waals surface area contributed by atoms with Gasteiger partial charge in [-0.3, -0.25) is 0 Å². The molecule has 1 aromatic carbocycles. The summed E-state index contributed by atoms with van der Waals surface area (Å²) in [4.78, 5) is 39.0. The van der Waals surface area contributed by atoms with Gasteiger partial charge in [0.2, 0.25) is 5.28 Å². The van der Waals surface area contributed by atoms with Gasteiger partial charge in [-0.15, -0.1) is 5.10 Å². The number of ether oxygens (including phenoxy) is 1. The second kappa shape index (κ2) is 10.0. The van der Waals surface area contributed by atoms with Crippen molar-refractivity contribution < 1.29 is 23.9 Å². The first kappa shape index (κ1) is 23.3. The molecule has 2 aliphatic rings. The molecule has 1 saturated heterocycles. The molecule has 2 aliphatic heterocycles. The van der Waals surface area contributed by atoms with Gasteiger partial charge in [-0.1, -0.05) is 24.3 Å². The predicted octanol–water partition coefficient (Wildman–Crippen LogP) is 3.14. The molecule has 33 heavy (non-hydrogen) atoms. The van der Waals surface area contributed by atoms with E-state index in [4.69, 9.17) is 30.6 Å². The van der Waals surface area contributed by atoms with Crippen LogP contribution < -0.4 is 4.90 Å². The molecule has 4 heterocycles. The molecular formula is C20H24ClN5O5P2. The van der Waals surface area contributed by atoms with Crippen LogP contribution in [0.15, 0.2) is 30.5 Å². The third-order valence-corrected chi connectivity index (χ3v) is 8.46. The number of anilines is 1. The van der Waals surface area contributed by atoms with Crippen molar-refractivity contribution in [2.45, 2.75) is 38.0 Å². The van der Waals surface area contributed by atoms with Crippen molar-refractivity contribution in [3.63, 3.8) is 0 Å². The van der Waals surface area contributed by atoms with Crippen LogP contribution in [-0.2, 0) is 22.2 Å². The largest absolute Gasteiger partial charge is 0.366 e. The van der Waals surface area contributed by atoms with Crippen LogP contribution in [0.5, 0.6) is 0 Å². The highest BCUT2D eigenvalue weighted by molar-refractivity contribution is 7.63. The molecule has 2 aromatic heterocycles. The quantitative estimate of drug-likeness (QED) is 0.410. The third-order valence-electron chi connectivity index (χ3n) is 5.87. The summed E-state index contributed by atoms with van der Waals surface area (Å²) in [7, 11) is -4.05. The van der Waals surface area contributed by atoms with Gasteiger partial charge in [0, 0.05) is 13.1 Å². The van der Waals surface area contributed by atoms with Crippen LogP contribution in [0.2, 0.25) is 5.28 Å². The summed E-state index contributed by atoms with van der Waals surface area (Å²) >= 11 is 6.31. The number of halogens is 1. The van der Waals surface area contributed by atoms with Crippen molar-refractivity contribution >= 4 is 39.8 Å². The summed E-state index contributed by atoms with van der Waals surface area (Å²) < 4.78 is 13.2. The Morgan fingerprint density at radius 3 is 2.82 bits per heavy atom. The van der Waals surface area contributed by atoms with E-state index in [2.05, 4.69) is 38.2 Å². The minimum Gasteiger partial charge on any atom is -0.366 e. The maximum absolute atomic E-state index is 9.75. The molecule has 0 radical (unpaired) electrons. The first-order valence-electron chi connectivity index (χ1n) is 10.6. The Kier molecular flexibility index (Phi) is 7.07. The number of rotatable bonds is 7. The van der Waals surface area contributed by atoms with E-state index in [1.165, 1.54) is 11.1 Å². The lowest BCUT2D eigenvalue weighted by molar-refractivity contribution is 0.0151. The molecule has 5 rings (SSSR count). The van der Waals surface area contributed by atoms with Gasteiger partial charge in [0.15, 0.2) is 28.2 Å². The van der Waals surface area contributed by atoms with Gasteiger partial charge in [-0.25, -0.2) is 9.50 Å². The van der Waals surface area contributed by atoms with E-state index >= 15 is 0 Å². The molecule has 0 bridgehead atoms. The van der Waals surface area contributed by atoms with Gasteiger partial charge in [0.1, 0.15) is 6.10 Å². The molecule has 3 aromatic rings. The van der Waals surface area contributed by atoms with Crippen LogP contribution in [0, 0.1) is 0 Å². The van der Waals surface area contributed by atoms with E-state index in [1.807, 2.05) is 6.07 Å². The standard InChI is InChI=1S/C20H24ClN5O5P2/c21-20-23-19(25-8-7-13-3-1-2-4-14(13)10-25)18-22-9-16(26(18)24-20)17-6-5-15(31-17)11-30-33(29)12-32(27)28/h1-4,9,15,17,27-29H,5-8,10-12H2/t15-,17?,33?/m0/s1. The molecule has 2 unspecified atom stereocenters. The van der Waals surface area contributed by atoms with Gasteiger partial charge >= 0.3 is 0 Å². The minimum atomic E-state index is -2.18. The smallest absolute Gasteiger partial charge is 0.243 e. The maximum atomic E-state index is 9.75. The molecule has 3 N–H and O–H groups in total. The van der Waals surface area contributed by atoms with Crippen LogP contribution in [-0.4, -0.2) is 59.4 Å². The molecule has 13 heteroatoms. The monoisotopic (exact) mass is 511 g/mol. The summed E-state index contributed by atoms with van der Waals surface area (Å²) in [5.41, 5.74) is 4.04. The summed E-state index contributed by atoms with van der Waals surface area (Å²) in [5.74, 6) is 0.553. The lowest BCUT2D eigenvalue weighted by Crippen LogP contribution is -2.31. The zero-order valence-electron chi connectivity index (χ0n) is 17.7. The molecular weight excluding hydrogens is 488 g/mol. The van der Waals surface area contributed by atoms with Crippen molar-refractivity contribution in [2.24, 2.45) is 0 Å². The average molecular weight is 512 g/mol. The van der Waals surface area contributed by atoms with E-state index in [1.54, 1.807) is 10.7 Å². The average Bonchev–Trinajstić information content (AvgIpc) is 3.43. The lowest BCUT2D eigenvalue weighted by Gasteiger charge is -2.29. The normalized spacial score (nSPS) is 21.7. The highest BCUT2D eigenvalue weighted by Crippen LogP contribution is 2.44. The van der Waals surface area contributed by atoms with Crippen LogP contribution in [0.4, 0.5) is 5.82 Å². The second-order valence-electron chi connectivity index (χ2n) is 8.05. The van der Waals surface area contributed by atoms with Crippen molar-refractivity contribution in [2.75, 3.05) is 24.0 Å². The number of imidazole rings is 1. The molecule has 0 spiro atoms. The fourth-order valence-electron chi connectivity index (χ4n) is 4.33. The van der Waals surface area contributed by atoms with Crippen LogP contribution in [0.25, 0.3) is 5.65 Å². The summed E-state index contributed by atoms with van der Waals surface area (Å²) in [6, 6.07) is 8.40. The topological polar surface area (TPSA) is 125 Å². The Hall–Kier alpha value is -1.48. The Morgan fingerprint density at radius 1 is 1.18 bits per heavy atom. The maximum Gasteiger partial charge on any atom is 0.243 e. The first-order chi connectivity index (χ1) is 16.0. The molecule has 176 valence electrons. The zero-order valence-corrected chi connectivity index (χ0v) is 20.2. The third kappa shape index (κ3) is 5.14. The van der Waals surface area contributed by atoms with E-state index in [-0.39, 0.29) is 30.0 Å². The van der Waals surface area contributed by atoms with E-state index in [0.29, 0.717) is 11.5 Å². The highest BCUT2D eigenvalue weighted by Gasteiger charge is 2.31. The number of fused-ring (bicyclic) bond motifs is 2. The Balaban J connectivity index is 1.33. The zero-order chi connectivity index (χ0) is 22.9. The second-order valence-corrected chi connectivity index (χ2v) is 11.2. The van der Waals surface area contributed by atoms with Crippen molar-refractivity contribution in [3.05, 3.63) is 52.6 Å². The molecule has 0 aliphatic carbocycles. The van der Waals surface area contributed by atoms with Crippen LogP contribution >= 0.6 is 28.4 Å². The number of hydrogen-bond donors (Lipinski definition) is 3. The SMILES string of the molecule is OP(O)CP(O)OC[C@@H]1CCC(c2cnc3c(N4CCc5ccccc5C4)nc(Cl)nn23)O1. The lowest BCUT2D eigenvalue weighted by atomic mass is 10.00. The molecule has 0 amide bonds. The van der Waals surface area contributed by atoms with Gasteiger partial charge in [0.25, 0.3) is 0 Å². The Labute approximate surface area is 198 Å². The molecule has 10 nitrogen and oxygen atoms in total. The predicted molar refractivity (Wildman–Crippen MR) is 125 cm³/mol.